The summed E-state index contributed by atoms with van der Waals surface area (Å²) in [4.78, 5) is 5.92. The number of benzene rings is 12. The van der Waals surface area contributed by atoms with Gasteiger partial charge in [-0.25, -0.2) is 4.98 Å². The molecule has 5 aromatic heterocycles. The van der Waals surface area contributed by atoms with Crippen molar-refractivity contribution in [3.8, 4) is 73.6 Å². The third-order valence-electron chi connectivity index (χ3n) is 18.1. The van der Waals surface area contributed by atoms with Gasteiger partial charge >= 0.3 is 12.4 Å². The van der Waals surface area contributed by atoms with Gasteiger partial charge in [0.2, 0.25) is 0 Å². The predicted molar refractivity (Wildman–Crippen MR) is 358 cm³/mol. The fourth-order valence-electron chi connectivity index (χ4n) is 13.9. The largest absolute Gasteiger partial charge is 0.416 e. The summed E-state index contributed by atoms with van der Waals surface area (Å²) in [5, 5.41) is 18.3. The number of fused-ring (bicyclic) bond motifs is 12. The lowest BCUT2D eigenvalue weighted by atomic mass is 10.0. The first-order chi connectivity index (χ1) is 44.9. The third-order valence-corrected chi connectivity index (χ3v) is 18.1. The molecule has 0 fully saturated rings. The highest BCUT2D eigenvalue weighted by Gasteiger charge is 2.36. The fourth-order valence-corrected chi connectivity index (χ4v) is 13.9. The van der Waals surface area contributed by atoms with E-state index in [2.05, 4.69) is 30.3 Å². The van der Waals surface area contributed by atoms with Crippen molar-refractivity contribution >= 4 is 87.2 Å². The lowest BCUT2D eigenvalue weighted by Gasteiger charge is -2.24. The predicted octanol–water partition coefficient (Wildman–Crippen LogP) is 22.0. The van der Waals surface area contributed by atoms with Crippen molar-refractivity contribution in [3.05, 3.63) is 296 Å². The molecule has 0 bridgehead atoms. The molecule has 0 N–H and O–H groups in total. The second-order valence-corrected chi connectivity index (χ2v) is 23.2. The first kappa shape index (κ1) is 54.2. The maximum Gasteiger partial charge on any atom is 0.416 e. The average Bonchev–Trinajstić information content (AvgIpc) is 1.48. The Hall–Kier alpha value is -11.9. The average molecular weight is 1210 g/mol. The summed E-state index contributed by atoms with van der Waals surface area (Å²) in [5.74, 6) is 0.0839. The van der Waals surface area contributed by atoms with Crippen LogP contribution in [0.4, 0.5) is 26.3 Å². The molecule has 438 valence electrons. The Morgan fingerprint density at radius 3 is 0.848 bits per heavy atom. The van der Waals surface area contributed by atoms with E-state index in [9.17, 15) is 5.26 Å². The smallest absolute Gasteiger partial charge is 0.305 e. The topological polar surface area (TPSA) is 56.4 Å². The van der Waals surface area contributed by atoms with E-state index in [-0.39, 0.29) is 39.6 Å². The summed E-state index contributed by atoms with van der Waals surface area (Å²) >= 11 is 0. The Kier molecular flexibility index (Phi) is 12.1. The van der Waals surface area contributed by atoms with E-state index in [1.54, 1.807) is 21.3 Å². The number of alkyl halides is 6. The van der Waals surface area contributed by atoms with Crippen molar-refractivity contribution in [1.29, 1.82) is 5.26 Å². The molecule has 12 aromatic carbocycles. The molecule has 17 rings (SSSR count). The SMILES string of the molecule is N#Cc1c(-n2c3ccc(-c4ccccc4)cc3c3cc(-c4ccccc4)ccc32)c(-n2c3ccccc3c3ccc(C(F)(F)F)cc32)nc(-n2c3ccccc3c3ccc(C(F)(F)F)cc32)c1-n1c2ccc(-c3ccccc3)cc2c2cc(-c3ccccc3)ccc21. The molecule has 0 aliphatic heterocycles. The first-order valence-electron chi connectivity index (χ1n) is 30.0. The number of aromatic nitrogens is 5. The first-order valence-corrected chi connectivity index (χ1v) is 30.0. The normalized spacial score (nSPS) is 12.2. The molecule has 0 saturated heterocycles. The van der Waals surface area contributed by atoms with Gasteiger partial charge in [0.05, 0.1) is 55.3 Å². The van der Waals surface area contributed by atoms with Gasteiger partial charge in [0.15, 0.2) is 11.6 Å². The maximum atomic E-state index is 15.4. The van der Waals surface area contributed by atoms with Gasteiger partial charge in [-0.3, -0.25) is 9.13 Å². The molecule has 0 aliphatic carbocycles. The van der Waals surface area contributed by atoms with Crippen LogP contribution in [-0.2, 0) is 12.4 Å². The second kappa shape index (κ2) is 20.6. The molecule has 0 spiro atoms. The number of hydrogen-bond acceptors (Lipinski definition) is 2. The summed E-state index contributed by atoms with van der Waals surface area (Å²) in [5.41, 5.74) is 9.92. The molecule has 17 aromatic rings. The molecular formula is C80H46F6N6. The lowest BCUT2D eigenvalue weighted by Crippen LogP contribution is -2.16. The molecule has 12 heteroatoms. The van der Waals surface area contributed by atoms with Crippen LogP contribution in [0.5, 0.6) is 0 Å². The molecule has 0 atom stereocenters. The molecule has 0 unspecified atom stereocenters. The van der Waals surface area contributed by atoms with E-state index in [0.717, 1.165) is 90.3 Å². The van der Waals surface area contributed by atoms with Gasteiger partial charge < -0.3 is 9.13 Å². The van der Waals surface area contributed by atoms with Crippen molar-refractivity contribution in [2.75, 3.05) is 0 Å². The Labute approximate surface area is 521 Å². The van der Waals surface area contributed by atoms with Crippen LogP contribution in [0.2, 0.25) is 0 Å². The van der Waals surface area contributed by atoms with Crippen molar-refractivity contribution < 1.29 is 26.3 Å². The Bertz CT molecular complexity index is 5360. The van der Waals surface area contributed by atoms with Crippen LogP contribution in [0.3, 0.4) is 0 Å². The van der Waals surface area contributed by atoms with Crippen molar-refractivity contribution in [2.24, 2.45) is 0 Å². The number of halogens is 6. The lowest BCUT2D eigenvalue weighted by molar-refractivity contribution is -0.138. The van der Waals surface area contributed by atoms with Crippen molar-refractivity contribution in [2.45, 2.75) is 12.4 Å². The second-order valence-electron chi connectivity index (χ2n) is 23.2. The van der Waals surface area contributed by atoms with E-state index in [0.29, 0.717) is 54.6 Å². The minimum atomic E-state index is -4.78. The minimum Gasteiger partial charge on any atom is -0.305 e. The zero-order valence-corrected chi connectivity index (χ0v) is 48.5. The monoisotopic (exact) mass is 1200 g/mol. The molecular weight excluding hydrogens is 1160 g/mol. The number of nitrogens with zero attached hydrogens (tertiary/aromatic N) is 6. The van der Waals surface area contributed by atoms with Crippen LogP contribution in [0.25, 0.3) is 155 Å². The Balaban J connectivity index is 1.12. The summed E-state index contributed by atoms with van der Waals surface area (Å²) in [7, 11) is 0. The summed E-state index contributed by atoms with van der Waals surface area (Å²) in [6.07, 6.45) is -9.57. The number of rotatable bonds is 8. The van der Waals surface area contributed by atoms with Gasteiger partial charge in [-0.2, -0.15) is 31.6 Å². The van der Waals surface area contributed by atoms with Gasteiger partial charge in [0, 0.05) is 43.1 Å². The highest BCUT2D eigenvalue weighted by atomic mass is 19.4. The van der Waals surface area contributed by atoms with Gasteiger partial charge in [-0.1, -0.05) is 194 Å². The number of pyridine rings is 1. The Morgan fingerprint density at radius 1 is 0.261 bits per heavy atom. The van der Waals surface area contributed by atoms with E-state index in [4.69, 9.17) is 4.98 Å². The number of nitriles is 1. The zero-order valence-electron chi connectivity index (χ0n) is 48.5. The van der Waals surface area contributed by atoms with Crippen LogP contribution in [0, 0.1) is 11.3 Å². The van der Waals surface area contributed by atoms with E-state index in [1.165, 1.54) is 12.1 Å². The van der Waals surface area contributed by atoms with E-state index < -0.39 is 23.5 Å². The van der Waals surface area contributed by atoms with Crippen LogP contribution in [0.1, 0.15) is 16.7 Å². The molecule has 0 amide bonds. The van der Waals surface area contributed by atoms with Crippen molar-refractivity contribution in [3.63, 3.8) is 0 Å². The standard InChI is InChI=1S/C80H46F6N6/c81-79(82,83)56-33-35-60-58-25-13-15-27-67(58)91(73(60)45-56)77-75(89-69-37-29-52(48-17-5-1-6-18-48)41-62(69)63-42-53(30-38-70(63)89)49-19-7-2-8-20-49)66(47-87)76(78(88-77)92-68-28-16-14-26-59(68)61-36-34-57(46-74(61)92)80(84,85)86)90-71-39-31-54(50-21-9-3-10-22-50)43-64(71)65-44-55(32-40-72(65)90)51-23-11-4-12-24-51/h1-46H. The van der Waals surface area contributed by atoms with Crippen molar-refractivity contribution in [1.82, 2.24) is 23.3 Å². The van der Waals surface area contributed by atoms with Crippen LogP contribution < -0.4 is 0 Å². The number of para-hydroxylation sites is 2. The van der Waals surface area contributed by atoms with Crippen LogP contribution in [-0.4, -0.2) is 23.3 Å². The molecule has 5 heterocycles. The van der Waals surface area contributed by atoms with Gasteiger partial charge in [0.25, 0.3) is 0 Å². The van der Waals surface area contributed by atoms with Gasteiger partial charge in [0.1, 0.15) is 23.0 Å². The highest BCUT2D eigenvalue weighted by Crippen LogP contribution is 2.48. The quantitative estimate of drug-likeness (QED) is 0.142. The number of hydrogen-bond donors (Lipinski definition) is 0. The Morgan fingerprint density at radius 2 is 0.543 bits per heavy atom. The molecule has 0 aliphatic rings. The van der Waals surface area contributed by atoms with Gasteiger partial charge in [-0.05, 0) is 129 Å². The molecule has 0 saturated carbocycles. The molecule has 92 heavy (non-hydrogen) atoms. The summed E-state index contributed by atoms with van der Waals surface area (Å²) in [6, 6.07) is 89.2. The van der Waals surface area contributed by atoms with Crippen LogP contribution >= 0.6 is 0 Å². The highest BCUT2D eigenvalue weighted by molar-refractivity contribution is 6.16. The fraction of sp³-hybridized carbons (Fsp3) is 0.0250. The third kappa shape index (κ3) is 8.46. The van der Waals surface area contributed by atoms with Gasteiger partial charge in [-0.15, -0.1) is 0 Å². The summed E-state index contributed by atoms with van der Waals surface area (Å²) < 4.78 is 99.8. The van der Waals surface area contributed by atoms with E-state index >= 15 is 26.3 Å². The summed E-state index contributed by atoms with van der Waals surface area (Å²) in [6.45, 7) is 0. The molecule has 6 nitrogen and oxygen atoms in total. The molecule has 0 radical (unpaired) electrons. The zero-order chi connectivity index (χ0) is 62.1. The van der Waals surface area contributed by atoms with Crippen LogP contribution in [0.15, 0.2) is 279 Å². The maximum absolute atomic E-state index is 15.4. The van der Waals surface area contributed by atoms with E-state index in [1.807, 2.05) is 215 Å². The minimum absolute atomic E-state index is 0.0250.